The lowest BCUT2D eigenvalue weighted by Crippen LogP contribution is -2.38. The molecule has 5 nitrogen and oxygen atoms in total. The summed E-state index contributed by atoms with van der Waals surface area (Å²) < 4.78 is 0. The van der Waals surface area contributed by atoms with Crippen molar-refractivity contribution in [1.29, 1.82) is 0 Å². The molecule has 6 heteroatoms. The van der Waals surface area contributed by atoms with Crippen molar-refractivity contribution in [2.24, 2.45) is 0 Å². The molecule has 0 fully saturated rings. The molecule has 0 aliphatic heterocycles. The van der Waals surface area contributed by atoms with Gasteiger partial charge in [-0.2, -0.15) is 0 Å². The Morgan fingerprint density at radius 2 is 1.56 bits per heavy atom. The van der Waals surface area contributed by atoms with E-state index in [1.807, 2.05) is 54.7 Å². The van der Waals surface area contributed by atoms with E-state index in [4.69, 9.17) is 12.2 Å². The number of nitrogens with zero attached hydrogens (tertiary/aromatic N) is 4. The van der Waals surface area contributed by atoms with Crippen LogP contribution in [0.25, 0.3) is 0 Å². The molecular weight excluding hydrogens is 330 g/mol. The quantitative estimate of drug-likeness (QED) is 0.691. The predicted octanol–water partition coefficient (Wildman–Crippen LogP) is 2.95. The van der Waals surface area contributed by atoms with Crippen LogP contribution in [0.15, 0.2) is 73.3 Å². The van der Waals surface area contributed by atoms with Crippen molar-refractivity contribution in [1.82, 2.24) is 25.2 Å². The molecule has 0 amide bonds. The highest BCUT2D eigenvalue weighted by molar-refractivity contribution is 7.80. The van der Waals surface area contributed by atoms with Crippen molar-refractivity contribution < 1.29 is 0 Å². The van der Waals surface area contributed by atoms with Crippen molar-refractivity contribution in [2.45, 2.75) is 19.6 Å². The lowest BCUT2D eigenvalue weighted by molar-refractivity contribution is 0.389. The van der Waals surface area contributed by atoms with E-state index < -0.39 is 0 Å². The lowest BCUT2D eigenvalue weighted by atomic mass is 10.3. The van der Waals surface area contributed by atoms with E-state index in [0.717, 1.165) is 17.0 Å². The summed E-state index contributed by atoms with van der Waals surface area (Å²) in [5, 5.41) is 3.97. The van der Waals surface area contributed by atoms with Crippen molar-refractivity contribution >= 4 is 17.3 Å². The largest absolute Gasteiger partial charge is 0.358 e. The summed E-state index contributed by atoms with van der Waals surface area (Å²) in [5.41, 5.74) is 3.01. The molecule has 0 aromatic carbocycles. The summed E-state index contributed by atoms with van der Waals surface area (Å²) in [7, 11) is 0. The third-order valence-electron chi connectivity index (χ3n) is 3.61. The van der Waals surface area contributed by atoms with E-state index in [9.17, 15) is 0 Å². The topological polar surface area (TPSA) is 53.9 Å². The number of rotatable bonds is 6. The maximum absolute atomic E-state index is 5.61. The van der Waals surface area contributed by atoms with Crippen LogP contribution >= 0.6 is 12.2 Å². The third kappa shape index (κ3) is 5.32. The van der Waals surface area contributed by atoms with Gasteiger partial charge in [0.05, 0.1) is 24.5 Å². The van der Waals surface area contributed by atoms with Crippen molar-refractivity contribution in [3.63, 3.8) is 0 Å². The molecule has 0 aliphatic carbocycles. The summed E-state index contributed by atoms with van der Waals surface area (Å²) in [4.78, 5) is 15.0. The van der Waals surface area contributed by atoms with Gasteiger partial charge in [-0.15, -0.1) is 0 Å². The fourth-order valence-corrected chi connectivity index (χ4v) is 2.57. The molecule has 0 aliphatic rings. The average molecular weight is 349 g/mol. The Hall–Kier alpha value is -2.86. The van der Waals surface area contributed by atoms with Gasteiger partial charge in [0.2, 0.25) is 0 Å². The maximum Gasteiger partial charge on any atom is 0.169 e. The van der Waals surface area contributed by atoms with Crippen LogP contribution in [0, 0.1) is 0 Å². The lowest BCUT2D eigenvalue weighted by Gasteiger charge is -2.25. The number of thiocarbonyl (C=S) groups is 1. The third-order valence-corrected chi connectivity index (χ3v) is 4.01. The van der Waals surface area contributed by atoms with E-state index in [1.54, 1.807) is 18.6 Å². The molecule has 25 heavy (non-hydrogen) atoms. The number of aromatic nitrogens is 3. The molecule has 3 heterocycles. The Kier molecular flexibility index (Phi) is 6.01. The Balaban J connectivity index is 1.69. The van der Waals surface area contributed by atoms with Crippen LogP contribution in [0.5, 0.6) is 0 Å². The average Bonchev–Trinajstić information content (AvgIpc) is 2.68. The monoisotopic (exact) mass is 349 g/mol. The summed E-state index contributed by atoms with van der Waals surface area (Å²) >= 11 is 5.61. The van der Waals surface area contributed by atoms with Gasteiger partial charge in [-0.1, -0.05) is 18.2 Å². The standard InChI is InChI=1S/C19H19N5S/c25-19(23-13-16-6-5-9-20-12-16)24(14-17-7-1-3-10-21-17)15-18-8-2-4-11-22-18/h1-12H,13-15H2,(H,23,25). The molecule has 0 saturated carbocycles. The maximum atomic E-state index is 5.61. The second-order valence-electron chi connectivity index (χ2n) is 5.52. The zero-order chi connectivity index (χ0) is 17.3. The molecule has 0 unspecified atom stereocenters. The highest BCUT2D eigenvalue weighted by atomic mass is 32.1. The summed E-state index contributed by atoms with van der Waals surface area (Å²) in [6, 6.07) is 15.7. The Labute approximate surface area is 152 Å². The minimum absolute atomic E-state index is 0.621. The molecule has 0 bridgehead atoms. The van der Waals surface area contributed by atoms with E-state index >= 15 is 0 Å². The molecule has 0 saturated heterocycles. The minimum Gasteiger partial charge on any atom is -0.358 e. The van der Waals surface area contributed by atoms with Crippen LogP contribution in [0.3, 0.4) is 0 Å². The van der Waals surface area contributed by atoms with E-state index in [-0.39, 0.29) is 0 Å². The molecule has 0 radical (unpaired) electrons. The van der Waals surface area contributed by atoms with Gasteiger partial charge in [0, 0.05) is 31.3 Å². The summed E-state index contributed by atoms with van der Waals surface area (Å²) in [6.07, 6.45) is 7.18. The Morgan fingerprint density at radius 3 is 2.08 bits per heavy atom. The number of hydrogen-bond donors (Lipinski definition) is 1. The second-order valence-corrected chi connectivity index (χ2v) is 5.90. The van der Waals surface area contributed by atoms with E-state index in [2.05, 4.69) is 25.2 Å². The number of hydrogen-bond acceptors (Lipinski definition) is 4. The van der Waals surface area contributed by atoms with Crippen molar-refractivity contribution in [2.75, 3.05) is 0 Å². The van der Waals surface area contributed by atoms with E-state index in [0.29, 0.717) is 24.7 Å². The Morgan fingerprint density at radius 1 is 0.880 bits per heavy atom. The predicted molar refractivity (Wildman–Crippen MR) is 101 cm³/mol. The highest BCUT2D eigenvalue weighted by Crippen LogP contribution is 2.08. The van der Waals surface area contributed by atoms with Crippen LogP contribution in [0.1, 0.15) is 17.0 Å². The van der Waals surface area contributed by atoms with Crippen LogP contribution < -0.4 is 5.32 Å². The molecule has 3 rings (SSSR count). The van der Waals surface area contributed by atoms with Gasteiger partial charge in [-0.25, -0.2) is 0 Å². The van der Waals surface area contributed by atoms with Gasteiger partial charge >= 0.3 is 0 Å². The molecule has 0 spiro atoms. The van der Waals surface area contributed by atoms with Crippen LogP contribution in [-0.2, 0) is 19.6 Å². The zero-order valence-electron chi connectivity index (χ0n) is 13.7. The van der Waals surface area contributed by atoms with Crippen LogP contribution in [0.2, 0.25) is 0 Å². The van der Waals surface area contributed by atoms with Gasteiger partial charge in [-0.3, -0.25) is 15.0 Å². The summed E-state index contributed by atoms with van der Waals surface area (Å²) in [6.45, 7) is 1.88. The first-order chi connectivity index (χ1) is 12.3. The van der Waals surface area contributed by atoms with Gasteiger partial charge in [0.1, 0.15) is 0 Å². The molecule has 3 aromatic heterocycles. The SMILES string of the molecule is S=C(NCc1cccnc1)N(Cc1ccccn1)Cc1ccccn1. The molecule has 1 N–H and O–H groups in total. The Bertz CT molecular complexity index is 739. The second kappa shape index (κ2) is 8.84. The minimum atomic E-state index is 0.621. The van der Waals surface area contributed by atoms with Crippen LogP contribution in [0.4, 0.5) is 0 Å². The fourth-order valence-electron chi connectivity index (χ4n) is 2.37. The van der Waals surface area contributed by atoms with Gasteiger partial charge < -0.3 is 10.2 Å². The number of pyridine rings is 3. The first-order valence-electron chi connectivity index (χ1n) is 8.03. The van der Waals surface area contributed by atoms with Crippen molar-refractivity contribution in [3.05, 3.63) is 90.3 Å². The normalized spacial score (nSPS) is 10.2. The smallest absolute Gasteiger partial charge is 0.169 e. The first-order valence-corrected chi connectivity index (χ1v) is 8.43. The number of nitrogens with one attached hydrogen (secondary N) is 1. The van der Waals surface area contributed by atoms with Crippen LogP contribution in [-0.4, -0.2) is 25.0 Å². The van der Waals surface area contributed by atoms with Gasteiger partial charge in [-0.05, 0) is 48.1 Å². The summed E-state index contributed by atoms with van der Waals surface area (Å²) in [5.74, 6) is 0. The molecule has 0 atom stereocenters. The molecule has 3 aromatic rings. The zero-order valence-corrected chi connectivity index (χ0v) is 14.6. The van der Waals surface area contributed by atoms with Crippen molar-refractivity contribution in [3.8, 4) is 0 Å². The van der Waals surface area contributed by atoms with E-state index in [1.165, 1.54) is 0 Å². The fraction of sp³-hybridized carbons (Fsp3) is 0.158. The molecule has 126 valence electrons. The van der Waals surface area contributed by atoms with Gasteiger partial charge in [0.15, 0.2) is 5.11 Å². The highest BCUT2D eigenvalue weighted by Gasteiger charge is 2.12. The first kappa shape index (κ1) is 17.0. The van der Waals surface area contributed by atoms with Gasteiger partial charge in [0.25, 0.3) is 0 Å². The molecular formula is C19H19N5S.